The molecule has 0 amide bonds. The van der Waals surface area contributed by atoms with Gasteiger partial charge in [0.15, 0.2) is 0 Å². The SMILES string of the molecule is O=C(O)[C@H]1CCC/C=C\C[C@@H]1c1ccccc1. The molecule has 0 aliphatic heterocycles. The van der Waals surface area contributed by atoms with Crippen LogP contribution >= 0.6 is 0 Å². The fourth-order valence-electron chi connectivity index (χ4n) is 2.55. The molecule has 2 atom stereocenters. The van der Waals surface area contributed by atoms with Crippen molar-refractivity contribution < 1.29 is 9.90 Å². The van der Waals surface area contributed by atoms with Gasteiger partial charge in [0.05, 0.1) is 5.92 Å². The Morgan fingerprint density at radius 1 is 1.18 bits per heavy atom. The highest BCUT2D eigenvalue weighted by Gasteiger charge is 2.28. The molecule has 2 nitrogen and oxygen atoms in total. The molecule has 2 rings (SSSR count). The summed E-state index contributed by atoms with van der Waals surface area (Å²) in [6, 6.07) is 10.0. The normalized spacial score (nSPS) is 26.8. The highest BCUT2D eigenvalue weighted by Crippen LogP contribution is 2.33. The van der Waals surface area contributed by atoms with Gasteiger partial charge in [-0.3, -0.25) is 4.79 Å². The van der Waals surface area contributed by atoms with Gasteiger partial charge in [-0.1, -0.05) is 42.5 Å². The maximum atomic E-state index is 11.4. The van der Waals surface area contributed by atoms with Gasteiger partial charge in [-0.25, -0.2) is 0 Å². The van der Waals surface area contributed by atoms with E-state index < -0.39 is 5.97 Å². The number of allylic oxidation sites excluding steroid dienone is 2. The van der Waals surface area contributed by atoms with Gasteiger partial charge >= 0.3 is 5.97 Å². The lowest BCUT2D eigenvalue weighted by molar-refractivity contribution is -0.142. The van der Waals surface area contributed by atoms with E-state index in [0.29, 0.717) is 0 Å². The summed E-state index contributed by atoms with van der Waals surface area (Å²) in [6.45, 7) is 0. The smallest absolute Gasteiger partial charge is 0.307 e. The maximum Gasteiger partial charge on any atom is 0.307 e. The standard InChI is InChI=1S/C15H18O2/c16-15(17)14-11-7-2-1-6-10-13(14)12-8-4-3-5-9-12/h1,3-6,8-9,13-14H,2,7,10-11H2,(H,16,17)/b6-1-/t13-,14+/m1/s1. The lowest BCUT2D eigenvalue weighted by Gasteiger charge is -2.24. The summed E-state index contributed by atoms with van der Waals surface area (Å²) < 4.78 is 0. The molecule has 0 saturated heterocycles. The number of carboxylic acid groups (broad SMARTS) is 1. The van der Waals surface area contributed by atoms with Gasteiger partial charge in [-0.15, -0.1) is 0 Å². The minimum Gasteiger partial charge on any atom is -0.481 e. The zero-order chi connectivity index (χ0) is 12.1. The number of hydrogen-bond donors (Lipinski definition) is 1. The van der Waals surface area contributed by atoms with E-state index in [1.54, 1.807) is 0 Å². The van der Waals surface area contributed by atoms with E-state index in [4.69, 9.17) is 0 Å². The molecular weight excluding hydrogens is 212 g/mol. The molecule has 0 heterocycles. The van der Waals surface area contributed by atoms with Crippen LogP contribution in [0.4, 0.5) is 0 Å². The first-order chi connectivity index (χ1) is 8.29. The zero-order valence-electron chi connectivity index (χ0n) is 9.88. The molecule has 1 aliphatic carbocycles. The Morgan fingerprint density at radius 2 is 1.94 bits per heavy atom. The van der Waals surface area contributed by atoms with E-state index in [1.807, 2.05) is 30.3 Å². The number of carbonyl (C=O) groups is 1. The van der Waals surface area contributed by atoms with Crippen LogP contribution in [0.2, 0.25) is 0 Å². The second-order valence-electron chi connectivity index (χ2n) is 4.60. The Labute approximate surface area is 102 Å². The van der Waals surface area contributed by atoms with Gasteiger partial charge in [0.25, 0.3) is 0 Å². The molecule has 0 fully saturated rings. The van der Waals surface area contributed by atoms with Crippen LogP contribution in [-0.2, 0) is 4.79 Å². The highest BCUT2D eigenvalue weighted by atomic mass is 16.4. The number of carboxylic acids is 1. The molecule has 0 saturated carbocycles. The summed E-state index contributed by atoms with van der Waals surface area (Å²) in [5, 5.41) is 9.36. The second-order valence-corrected chi connectivity index (χ2v) is 4.60. The van der Waals surface area contributed by atoms with Gasteiger partial charge in [0.1, 0.15) is 0 Å². The van der Waals surface area contributed by atoms with Crippen LogP contribution in [0.15, 0.2) is 42.5 Å². The van der Waals surface area contributed by atoms with Crippen molar-refractivity contribution in [1.29, 1.82) is 0 Å². The van der Waals surface area contributed by atoms with Crippen molar-refractivity contribution >= 4 is 5.97 Å². The molecule has 0 bridgehead atoms. The zero-order valence-corrected chi connectivity index (χ0v) is 9.88. The van der Waals surface area contributed by atoms with E-state index in [-0.39, 0.29) is 11.8 Å². The average molecular weight is 230 g/mol. The molecule has 0 spiro atoms. The van der Waals surface area contributed by atoms with Gasteiger partial charge in [-0.05, 0) is 31.2 Å². The molecule has 17 heavy (non-hydrogen) atoms. The Hall–Kier alpha value is -1.57. The average Bonchev–Trinajstić information content (AvgIpc) is 2.29. The van der Waals surface area contributed by atoms with E-state index in [0.717, 1.165) is 31.2 Å². The summed E-state index contributed by atoms with van der Waals surface area (Å²) in [4.78, 5) is 11.4. The summed E-state index contributed by atoms with van der Waals surface area (Å²) >= 11 is 0. The summed E-state index contributed by atoms with van der Waals surface area (Å²) in [5.41, 5.74) is 1.14. The van der Waals surface area contributed by atoms with Crippen LogP contribution in [-0.4, -0.2) is 11.1 Å². The van der Waals surface area contributed by atoms with Crippen LogP contribution in [0.5, 0.6) is 0 Å². The van der Waals surface area contributed by atoms with Gasteiger partial charge in [0.2, 0.25) is 0 Å². The highest BCUT2D eigenvalue weighted by molar-refractivity contribution is 5.71. The fourth-order valence-corrected chi connectivity index (χ4v) is 2.55. The van der Waals surface area contributed by atoms with Crippen molar-refractivity contribution in [3.63, 3.8) is 0 Å². The van der Waals surface area contributed by atoms with Gasteiger partial charge < -0.3 is 5.11 Å². The molecule has 0 unspecified atom stereocenters. The minimum absolute atomic E-state index is 0.116. The van der Waals surface area contributed by atoms with Crippen molar-refractivity contribution in [3.8, 4) is 0 Å². The molecule has 1 aromatic rings. The summed E-state index contributed by atoms with van der Waals surface area (Å²) in [7, 11) is 0. The van der Waals surface area contributed by atoms with Gasteiger partial charge in [-0.2, -0.15) is 0 Å². The van der Waals surface area contributed by atoms with E-state index in [1.165, 1.54) is 0 Å². The van der Waals surface area contributed by atoms with Crippen LogP contribution in [0.3, 0.4) is 0 Å². The fraction of sp³-hybridized carbons (Fsp3) is 0.400. The molecule has 0 radical (unpaired) electrons. The first kappa shape index (κ1) is 11.9. The quantitative estimate of drug-likeness (QED) is 0.788. The van der Waals surface area contributed by atoms with E-state index >= 15 is 0 Å². The largest absolute Gasteiger partial charge is 0.481 e. The predicted octanol–water partition coefficient (Wildman–Crippen LogP) is 3.60. The van der Waals surface area contributed by atoms with Crippen LogP contribution < -0.4 is 0 Å². The first-order valence-corrected chi connectivity index (χ1v) is 6.22. The van der Waals surface area contributed by atoms with Crippen molar-refractivity contribution in [2.24, 2.45) is 5.92 Å². The van der Waals surface area contributed by atoms with Gasteiger partial charge in [0, 0.05) is 5.92 Å². The first-order valence-electron chi connectivity index (χ1n) is 6.22. The van der Waals surface area contributed by atoms with E-state index in [2.05, 4.69) is 12.2 Å². The lowest BCUT2D eigenvalue weighted by Crippen LogP contribution is -2.22. The Kier molecular flexibility index (Phi) is 3.97. The van der Waals surface area contributed by atoms with E-state index in [9.17, 15) is 9.90 Å². The molecule has 90 valence electrons. The van der Waals surface area contributed by atoms with Crippen LogP contribution in [0, 0.1) is 5.92 Å². The minimum atomic E-state index is -0.658. The van der Waals surface area contributed by atoms with Crippen molar-refractivity contribution in [2.45, 2.75) is 31.6 Å². The Morgan fingerprint density at radius 3 is 2.65 bits per heavy atom. The predicted molar refractivity (Wildman–Crippen MR) is 67.9 cm³/mol. The molecule has 1 aromatic carbocycles. The maximum absolute atomic E-state index is 11.4. The Balaban J connectivity index is 2.27. The monoisotopic (exact) mass is 230 g/mol. The van der Waals surface area contributed by atoms with Crippen LogP contribution in [0.25, 0.3) is 0 Å². The number of rotatable bonds is 2. The number of hydrogen-bond acceptors (Lipinski definition) is 1. The van der Waals surface area contributed by atoms with Crippen molar-refractivity contribution in [2.75, 3.05) is 0 Å². The van der Waals surface area contributed by atoms with Crippen molar-refractivity contribution in [1.82, 2.24) is 0 Å². The van der Waals surface area contributed by atoms with Crippen molar-refractivity contribution in [3.05, 3.63) is 48.0 Å². The molecule has 0 aromatic heterocycles. The lowest BCUT2D eigenvalue weighted by atomic mass is 9.79. The number of aliphatic carboxylic acids is 1. The molecule has 1 aliphatic rings. The third-order valence-corrected chi connectivity index (χ3v) is 3.47. The third-order valence-electron chi connectivity index (χ3n) is 3.47. The number of benzene rings is 1. The van der Waals surface area contributed by atoms with Crippen LogP contribution in [0.1, 0.15) is 37.2 Å². The summed E-state index contributed by atoms with van der Waals surface area (Å²) in [5.74, 6) is -0.790. The molecule has 1 N–H and O–H groups in total. The third kappa shape index (κ3) is 2.96. The second kappa shape index (κ2) is 5.67. The molecular formula is C15H18O2. The Bertz CT molecular complexity index is 395. The molecule has 2 heteroatoms. The topological polar surface area (TPSA) is 37.3 Å². The summed E-state index contributed by atoms with van der Waals surface area (Å²) in [6.07, 6.45) is 7.89.